The number of hydrogen-bond donors (Lipinski definition) is 1. The van der Waals surface area contributed by atoms with Crippen LogP contribution in [0.25, 0.3) is 10.8 Å². The van der Waals surface area contributed by atoms with Crippen molar-refractivity contribution in [2.75, 3.05) is 19.1 Å². The highest BCUT2D eigenvalue weighted by atomic mass is 16.5. The van der Waals surface area contributed by atoms with Gasteiger partial charge in [0.25, 0.3) is 0 Å². The molecule has 4 heteroatoms. The summed E-state index contributed by atoms with van der Waals surface area (Å²) in [6.45, 7) is 0.725. The van der Waals surface area contributed by atoms with E-state index in [4.69, 9.17) is 4.74 Å². The molecular formula is C18H18N2O2. The molecule has 0 spiro atoms. The molecule has 3 rings (SSSR count). The minimum Gasteiger partial charge on any atom is -0.497 e. The van der Waals surface area contributed by atoms with Crippen LogP contribution < -0.4 is 9.64 Å². The fraction of sp³-hybridized carbons (Fsp3) is 0.167. The summed E-state index contributed by atoms with van der Waals surface area (Å²) in [6.07, 6.45) is 0. The number of rotatable bonds is 4. The van der Waals surface area contributed by atoms with E-state index in [0.717, 1.165) is 28.9 Å². The predicted octanol–water partition coefficient (Wildman–Crippen LogP) is 3.59. The van der Waals surface area contributed by atoms with Crippen molar-refractivity contribution in [2.45, 2.75) is 6.54 Å². The second kappa shape index (κ2) is 5.93. The maximum absolute atomic E-state index is 10.2. The average molecular weight is 294 g/mol. The van der Waals surface area contributed by atoms with Crippen molar-refractivity contribution >= 4 is 16.6 Å². The van der Waals surface area contributed by atoms with Gasteiger partial charge >= 0.3 is 0 Å². The topological polar surface area (TPSA) is 45.6 Å². The average Bonchev–Trinajstić information content (AvgIpc) is 2.55. The number of aromatic nitrogens is 1. The van der Waals surface area contributed by atoms with E-state index in [0.29, 0.717) is 0 Å². The van der Waals surface area contributed by atoms with E-state index in [1.54, 1.807) is 7.11 Å². The zero-order chi connectivity index (χ0) is 15.5. The largest absolute Gasteiger partial charge is 0.497 e. The molecule has 0 aliphatic heterocycles. The van der Waals surface area contributed by atoms with Gasteiger partial charge in [0.15, 0.2) is 0 Å². The molecular weight excluding hydrogens is 276 g/mol. The lowest BCUT2D eigenvalue weighted by Gasteiger charge is -2.19. The molecule has 0 fully saturated rings. The van der Waals surface area contributed by atoms with Crippen LogP contribution in [0.3, 0.4) is 0 Å². The number of anilines is 1. The number of benzene rings is 2. The third-order valence-corrected chi connectivity index (χ3v) is 3.66. The molecule has 0 saturated heterocycles. The van der Waals surface area contributed by atoms with E-state index in [-0.39, 0.29) is 5.88 Å². The number of aromatic hydroxyl groups is 1. The Morgan fingerprint density at radius 3 is 2.59 bits per heavy atom. The van der Waals surface area contributed by atoms with Crippen molar-refractivity contribution in [3.8, 4) is 11.6 Å². The van der Waals surface area contributed by atoms with Gasteiger partial charge in [0, 0.05) is 19.0 Å². The molecule has 1 heterocycles. The molecule has 0 aliphatic carbocycles. The zero-order valence-corrected chi connectivity index (χ0v) is 12.7. The summed E-state index contributed by atoms with van der Waals surface area (Å²) in [7, 11) is 3.59. The van der Waals surface area contributed by atoms with Gasteiger partial charge in [-0.15, -0.1) is 0 Å². The molecule has 1 aromatic heterocycles. The third kappa shape index (κ3) is 2.81. The Labute approximate surface area is 129 Å². The number of fused-ring (bicyclic) bond motifs is 1. The molecule has 2 aromatic carbocycles. The molecule has 0 saturated carbocycles. The molecule has 1 N–H and O–H groups in total. The number of nitrogens with zero attached hydrogens (tertiary/aromatic N) is 2. The van der Waals surface area contributed by atoms with Crippen molar-refractivity contribution in [3.05, 3.63) is 60.2 Å². The van der Waals surface area contributed by atoms with E-state index in [9.17, 15) is 5.11 Å². The van der Waals surface area contributed by atoms with Crippen LogP contribution in [0.4, 0.5) is 5.82 Å². The van der Waals surface area contributed by atoms with Crippen molar-refractivity contribution in [2.24, 2.45) is 0 Å². The van der Waals surface area contributed by atoms with Gasteiger partial charge in [0.1, 0.15) is 11.6 Å². The summed E-state index contributed by atoms with van der Waals surface area (Å²) in [4.78, 5) is 6.30. The van der Waals surface area contributed by atoms with Crippen molar-refractivity contribution in [3.63, 3.8) is 0 Å². The standard InChI is InChI=1S/C18H18N2O2/c1-20(12-13-6-4-3-5-7-13)17-11-14-10-15(22-2)8-9-16(14)18(21)19-17/h3-11H,12H2,1-2H3,(H,19,21). The van der Waals surface area contributed by atoms with E-state index >= 15 is 0 Å². The van der Waals surface area contributed by atoms with Crippen molar-refractivity contribution in [1.82, 2.24) is 4.98 Å². The normalized spacial score (nSPS) is 10.6. The smallest absolute Gasteiger partial charge is 0.220 e. The maximum Gasteiger partial charge on any atom is 0.220 e. The second-order valence-corrected chi connectivity index (χ2v) is 5.23. The second-order valence-electron chi connectivity index (χ2n) is 5.23. The Morgan fingerprint density at radius 2 is 1.86 bits per heavy atom. The first-order valence-electron chi connectivity index (χ1n) is 7.10. The quantitative estimate of drug-likeness (QED) is 0.799. The summed E-state index contributed by atoms with van der Waals surface area (Å²) in [5.74, 6) is 1.52. The lowest BCUT2D eigenvalue weighted by molar-refractivity contribution is 0.415. The summed E-state index contributed by atoms with van der Waals surface area (Å²) < 4.78 is 5.24. The maximum atomic E-state index is 10.2. The molecule has 112 valence electrons. The van der Waals surface area contributed by atoms with E-state index in [1.807, 2.05) is 54.4 Å². The molecule has 0 amide bonds. The van der Waals surface area contributed by atoms with Crippen LogP contribution in [-0.4, -0.2) is 24.2 Å². The van der Waals surface area contributed by atoms with Gasteiger partial charge in [-0.1, -0.05) is 30.3 Å². The van der Waals surface area contributed by atoms with Gasteiger partial charge in [0.05, 0.1) is 7.11 Å². The first-order chi connectivity index (χ1) is 10.7. The monoisotopic (exact) mass is 294 g/mol. The lowest BCUT2D eigenvalue weighted by Crippen LogP contribution is -2.17. The van der Waals surface area contributed by atoms with Gasteiger partial charge in [-0.25, -0.2) is 0 Å². The van der Waals surface area contributed by atoms with Crippen LogP contribution >= 0.6 is 0 Å². The Bertz CT molecular complexity index is 788. The summed E-state index contributed by atoms with van der Waals surface area (Å²) in [5, 5.41) is 11.8. The highest BCUT2D eigenvalue weighted by Gasteiger charge is 2.10. The molecule has 0 aliphatic rings. The molecule has 4 nitrogen and oxygen atoms in total. The van der Waals surface area contributed by atoms with Crippen LogP contribution in [0.2, 0.25) is 0 Å². The Morgan fingerprint density at radius 1 is 1.09 bits per heavy atom. The van der Waals surface area contributed by atoms with Gasteiger partial charge in [-0.05, 0) is 35.2 Å². The number of pyridine rings is 1. The fourth-order valence-corrected chi connectivity index (χ4v) is 2.46. The van der Waals surface area contributed by atoms with E-state index < -0.39 is 0 Å². The first-order valence-corrected chi connectivity index (χ1v) is 7.10. The Kier molecular flexibility index (Phi) is 3.83. The Balaban J connectivity index is 1.96. The third-order valence-electron chi connectivity index (χ3n) is 3.66. The Hall–Kier alpha value is -2.75. The number of methoxy groups -OCH3 is 1. The molecule has 22 heavy (non-hydrogen) atoms. The van der Waals surface area contributed by atoms with Gasteiger partial charge < -0.3 is 14.7 Å². The van der Waals surface area contributed by atoms with Crippen LogP contribution in [-0.2, 0) is 6.54 Å². The van der Waals surface area contributed by atoms with Gasteiger partial charge in [-0.2, -0.15) is 4.98 Å². The van der Waals surface area contributed by atoms with Crippen LogP contribution in [0.1, 0.15) is 5.56 Å². The number of ether oxygens (including phenoxy) is 1. The minimum absolute atomic E-state index is 0.0371. The van der Waals surface area contributed by atoms with Gasteiger partial charge in [-0.3, -0.25) is 0 Å². The molecule has 0 unspecified atom stereocenters. The van der Waals surface area contributed by atoms with Crippen molar-refractivity contribution < 1.29 is 9.84 Å². The summed E-state index contributed by atoms with van der Waals surface area (Å²) in [6, 6.07) is 17.7. The SMILES string of the molecule is COc1ccc2c(O)nc(N(C)Cc3ccccc3)cc2c1. The summed E-state index contributed by atoms with van der Waals surface area (Å²) in [5.41, 5.74) is 1.19. The highest BCUT2D eigenvalue weighted by Crippen LogP contribution is 2.30. The first kappa shape index (κ1) is 14.2. The molecule has 0 radical (unpaired) electrons. The van der Waals surface area contributed by atoms with Crippen LogP contribution in [0.15, 0.2) is 54.6 Å². The zero-order valence-electron chi connectivity index (χ0n) is 12.7. The molecule has 3 aromatic rings. The fourth-order valence-electron chi connectivity index (χ4n) is 2.46. The van der Waals surface area contributed by atoms with Gasteiger partial charge in [0.2, 0.25) is 5.88 Å². The number of hydrogen-bond acceptors (Lipinski definition) is 4. The highest BCUT2D eigenvalue weighted by molar-refractivity contribution is 5.90. The van der Waals surface area contributed by atoms with Crippen molar-refractivity contribution in [1.29, 1.82) is 0 Å². The summed E-state index contributed by atoms with van der Waals surface area (Å²) >= 11 is 0. The van der Waals surface area contributed by atoms with Crippen LogP contribution in [0.5, 0.6) is 11.6 Å². The molecule has 0 atom stereocenters. The van der Waals surface area contributed by atoms with E-state index in [1.165, 1.54) is 5.56 Å². The molecule has 0 bridgehead atoms. The predicted molar refractivity (Wildman–Crippen MR) is 88.5 cm³/mol. The lowest BCUT2D eigenvalue weighted by atomic mass is 10.1. The van der Waals surface area contributed by atoms with E-state index in [2.05, 4.69) is 17.1 Å². The minimum atomic E-state index is 0.0371. The van der Waals surface area contributed by atoms with Crippen LogP contribution in [0, 0.1) is 0 Å².